The van der Waals surface area contributed by atoms with E-state index < -0.39 is 0 Å². The van der Waals surface area contributed by atoms with Crippen LogP contribution in [-0.4, -0.2) is 26.4 Å². The van der Waals surface area contributed by atoms with E-state index in [-0.39, 0.29) is 5.91 Å². The summed E-state index contributed by atoms with van der Waals surface area (Å²) in [5.41, 5.74) is 7.09. The molecule has 0 bridgehead atoms. The van der Waals surface area contributed by atoms with Gasteiger partial charge >= 0.3 is 0 Å². The number of anilines is 1. The number of thioether (sulfide) groups is 1. The van der Waals surface area contributed by atoms with Crippen LogP contribution in [-0.2, 0) is 17.6 Å². The summed E-state index contributed by atoms with van der Waals surface area (Å²) in [6.45, 7) is 4.18. The Bertz CT molecular complexity index is 1010. The molecule has 3 aromatic rings. The van der Waals surface area contributed by atoms with Gasteiger partial charge in [-0.3, -0.25) is 9.36 Å². The number of aromatic nitrogens is 3. The molecule has 4 rings (SSSR count). The van der Waals surface area contributed by atoms with Gasteiger partial charge in [-0.15, -0.1) is 10.2 Å². The van der Waals surface area contributed by atoms with Crippen LogP contribution in [0.15, 0.2) is 47.9 Å². The van der Waals surface area contributed by atoms with Crippen molar-refractivity contribution in [2.75, 3.05) is 11.1 Å². The minimum absolute atomic E-state index is 0.0152. The van der Waals surface area contributed by atoms with E-state index in [4.69, 9.17) is 0 Å². The lowest BCUT2D eigenvalue weighted by Crippen LogP contribution is -2.17. The Kier molecular flexibility index (Phi) is 5.48. The number of fused-ring (bicyclic) bond motifs is 1. The number of nitrogens with zero attached hydrogens (tertiary/aromatic N) is 3. The first-order chi connectivity index (χ1) is 13.6. The van der Waals surface area contributed by atoms with Crippen molar-refractivity contribution in [3.63, 3.8) is 0 Å². The van der Waals surface area contributed by atoms with Gasteiger partial charge in [0.2, 0.25) is 5.91 Å². The van der Waals surface area contributed by atoms with Gasteiger partial charge in [0, 0.05) is 11.4 Å². The van der Waals surface area contributed by atoms with Gasteiger partial charge in [0.25, 0.3) is 0 Å². The second kappa shape index (κ2) is 8.19. The van der Waals surface area contributed by atoms with E-state index in [1.807, 2.05) is 22.8 Å². The number of hydrogen-bond acceptors (Lipinski definition) is 4. The number of carbonyl (C=O) groups is 1. The van der Waals surface area contributed by atoms with Crippen LogP contribution in [0, 0.1) is 13.8 Å². The maximum atomic E-state index is 12.6. The molecule has 1 aliphatic rings. The average Bonchev–Trinajstić information content (AvgIpc) is 3.17. The van der Waals surface area contributed by atoms with Gasteiger partial charge < -0.3 is 5.32 Å². The first-order valence-electron chi connectivity index (χ1n) is 9.63. The maximum Gasteiger partial charge on any atom is 0.234 e. The molecule has 0 fully saturated rings. The molecule has 1 N–H and O–H groups in total. The number of benzene rings is 2. The van der Waals surface area contributed by atoms with E-state index in [0.29, 0.717) is 10.9 Å². The molecule has 2 aromatic carbocycles. The third-order valence-corrected chi connectivity index (χ3v) is 6.23. The number of hydrogen-bond donors (Lipinski definition) is 1. The molecule has 1 aromatic heterocycles. The molecule has 0 spiro atoms. The van der Waals surface area contributed by atoms with Crippen LogP contribution in [0.1, 0.15) is 35.1 Å². The Morgan fingerprint density at radius 1 is 1.14 bits per heavy atom. The summed E-state index contributed by atoms with van der Waals surface area (Å²) in [7, 11) is 0. The number of nitrogens with one attached hydrogen (secondary N) is 1. The van der Waals surface area contributed by atoms with Crippen LogP contribution in [0.4, 0.5) is 5.69 Å². The van der Waals surface area contributed by atoms with Gasteiger partial charge in [-0.25, -0.2) is 0 Å². The minimum atomic E-state index is -0.0152. The van der Waals surface area contributed by atoms with Crippen LogP contribution in [0.25, 0.3) is 5.69 Å². The van der Waals surface area contributed by atoms with Gasteiger partial charge in [-0.2, -0.15) is 0 Å². The number of aryl methyl sites for hydroxylation is 3. The molecule has 144 valence electrons. The highest BCUT2D eigenvalue weighted by molar-refractivity contribution is 7.99. The molecular weight excluding hydrogens is 368 g/mol. The molecule has 0 atom stereocenters. The summed E-state index contributed by atoms with van der Waals surface area (Å²) >= 11 is 1.40. The highest BCUT2D eigenvalue weighted by atomic mass is 32.2. The quantitative estimate of drug-likeness (QED) is 0.650. The number of carbonyl (C=O) groups excluding carboxylic acids is 1. The smallest absolute Gasteiger partial charge is 0.234 e. The Morgan fingerprint density at radius 3 is 2.86 bits per heavy atom. The molecule has 28 heavy (non-hydrogen) atoms. The van der Waals surface area contributed by atoms with E-state index in [1.165, 1.54) is 46.9 Å². The van der Waals surface area contributed by atoms with Gasteiger partial charge in [-0.05, 0) is 80.0 Å². The third-order valence-electron chi connectivity index (χ3n) is 5.29. The molecule has 0 aliphatic heterocycles. The molecule has 1 aliphatic carbocycles. The van der Waals surface area contributed by atoms with E-state index in [9.17, 15) is 4.79 Å². The summed E-state index contributed by atoms with van der Waals surface area (Å²) in [4.78, 5) is 12.6. The molecule has 1 amide bonds. The summed E-state index contributed by atoms with van der Waals surface area (Å²) in [6, 6.07) is 12.5. The lowest BCUT2D eigenvalue weighted by Gasteiger charge is -2.19. The zero-order valence-corrected chi connectivity index (χ0v) is 17.1. The highest BCUT2D eigenvalue weighted by Gasteiger charge is 2.15. The van der Waals surface area contributed by atoms with Crippen LogP contribution in [0.3, 0.4) is 0 Å². The fourth-order valence-electron chi connectivity index (χ4n) is 3.59. The standard InChI is InChI=1S/C22H24N4OS/c1-15-10-11-18(12-16(15)2)26-14-23-25-22(26)28-13-21(27)24-20-9-5-7-17-6-3-4-8-19(17)20/h5,7,9-12,14H,3-4,6,8,13H2,1-2H3,(H,24,27). The monoisotopic (exact) mass is 392 g/mol. The van der Waals surface area contributed by atoms with Crippen molar-refractivity contribution in [1.82, 2.24) is 14.8 Å². The van der Waals surface area contributed by atoms with Gasteiger partial charge in [0.1, 0.15) is 6.33 Å². The van der Waals surface area contributed by atoms with Gasteiger partial charge in [-0.1, -0.05) is 30.0 Å². The third kappa shape index (κ3) is 3.97. The number of amides is 1. The number of rotatable bonds is 5. The summed E-state index contributed by atoms with van der Waals surface area (Å²) in [5.74, 6) is 0.284. The summed E-state index contributed by atoms with van der Waals surface area (Å²) < 4.78 is 1.93. The van der Waals surface area contributed by atoms with Crippen LogP contribution < -0.4 is 5.32 Å². The molecular formula is C22H24N4OS. The molecule has 0 unspecified atom stereocenters. The predicted molar refractivity (Wildman–Crippen MR) is 113 cm³/mol. The Morgan fingerprint density at radius 2 is 2.00 bits per heavy atom. The summed E-state index contributed by atoms with van der Waals surface area (Å²) in [5, 5.41) is 12.0. The predicted octanol–water partition coefficient (Wildman–Crippen LogP) is 4.49. The van der Waals surface area contributed by atoms with Gasteiger partial charge in [0.05, 0.1) is 5.75 Å². The molecule has 6 heteroatoms. The van der Waals surface area contributed by atoms with Crippen molar-refractivity contribution < 1.29 is 4.79 Å². The Balaban J connectivity index is 1.44. The maximum absolute atomic E-state index is 12.6. The van der Waals surface area contributed by atoms with Crippen molar-refractivity contribution >= 4 is 23.4 Å². The molecule has 0 saturated heterocycles. The zero-order valence-electron chi connectivity index (χ0n) is 16.2. The van der Waals surface area contributed by atoms with Crippen LogP contribution in [0.2, 0.25) is 0 Å². The van der Waals surface area contributed by atoms with E-state index >= 15 is 0 Å². The zero-order chi connectivity index (χ0) is 19.5. The van der Waals surface area contributed by atoms with Crippen LogP contribution >= 0.6 is 11.8 Å². The fraction of sp³-hybridized carbons (Fsp3) is 0.318. The molecule has 5 nitrogen and oxygen atoms in total. The first-order valence-corrected chi connectivity index (χ1v) is 10.6. The van der Waals surface area contributed by atoms with Crippen molar-refractivity contribution in [2.24, 2.45) is 0 Å². The second-order valence-electron chi connectivity index (χ2n) is 7.24. The Hall–Kier alpha value is -2.60. The van der Waals surface area contributed by atoms with Crippen molar-refractivity contribution in [1.29, 1.82) is 0 Å². The molecule has 0 radical (unpaired) electrons. The lowest BCUT2D eigenvalue weighted by molar-refractivity contribution is -0.113. The normalized spacial score (nSPS) is 13.2. The van der Waals surface area contributed by atoms with E-state index in [0.717, 1.165) is 24.2 Å². The summed E-state index contributed by atoms with van der Waals surface area (Å²) in [6.07, 6.45) is 6.26. The molecule has 0 saturated carbocycles. The minimum Gasteiger partial charge on any atom is -0.325 e. The second-order valence-corrected chi connectivity index (χ2v) is 8.18. The largest absolute Gasteiger partial charge is 0.325 e. The average molecular weight is 393 g/mol. The highest BCUT2D eigenvalue weighted by Crippen LogP contribution is 2.28. The van der Waals surface area contributed by atoms with Crippen molar-refractivity contribution in [2.45, 2.75) is 44.7 Å². The Labute approximate surface area is 169 Å². The van der Waals surface area contributed by atoms with E-state index in [2.05, 4.69) is 47.6 Å². The van der Waals surface area contributed by atoms with E-state index in [1.54, 1.807) is 6.33 Å². The fourth-order valence-corrected chi connectivity index (χ4v) is 4.32. The van der Waals surface area contributed by atoms with Gasteiger partial charge in [0.15, 0.2) is 5.16 Å². The first kappa shape index (κ1) is 18.7. The SMILES string of the molecule is Cc1ccc(-n2cnnc2SCC(=O)Nc2cccc3c2CCCC3)cc1C. The molecule has 1 heterocycles. The van der Waals surface area contributed by atoms with Crippen molar-refractivity contribution in [3.8, 4) is 5.69 Å². The van der Waals surface area contributed by atoms with Crippen LogP contribution in [0.5, 0.6) is 0 Å². The lowest BCUT2D eigenvalue weighted by atomic mass is 9.90. The topological polar surface area (TPSA) is 59.8 Å². The van der Waals surface area contributed by atoms with Crippen molar-refractivity contribution in [3.05, 3.63) is 65.0 Å².